The molecule has 0 radical (unpaired) electrons. The van der Waals surface area contributed by atoms with Crippen LogP contribution >= 0.6 is 10.7 Å². The third kappa shape index (κ3) is 5.33. The Morgan fingerprint density at radius 3 is 2.42 bits per heavy atom. The van der Waals surface area contributed by atoms with Gasteiger partial charge in [0, 0.05) is 29.2 Å². The van der Waals surface area contributed by atoms with E-state index in [1.165, 1.54) is 24.3 Å². The molecule has 0 fully saturated rings. The summed E-state index contributed by atoms with van der Waals surface area (Å²) in [5.41, 5.74) is 0.390. The van der Waals surface area contributed by atoms with E-state index < -0.39 is 9.05 Å². The van der Waals surface area contributed by atoms with Crippen LogP contribution in [0.2, 0.25) is 0 Å². The van der Waals surface area contributed by atoms with Crippen molar-refractivity contribution in [3.05, 3.63) is 29.8 Å². The molecule has 0 saturated carbocycles. The number of unbranched alkanes of at least 4 members (excludes halogenated alkanes) is 2. The molecule has 1 N–H and O–H groups in total. The highest BCUT2D eigenvalue weighted by Crippen LogP contribution is 2.15. The Morgan fingerprint density at radius 2 is 1.89 bits per heavy atom. The average molecular weight is 300 g/mol. The lowest BCUT2D eigenvalue weighted by molar-refractivity contribution is 0.0953. The van der Waals surface area contributed by atoms with Gasteiger partial charge in [0.2, 0.25) is 0 Å². The lowest BCUT2D eigenvalue weighted by Gasteiger charge is -2.05. The lowest BCUT2D eigenvalue weighted by atomic mass is 10.2. The quantitative estimate of drug-likeness (QED) is 0.497. The van der Waals surface area contributed by atoms with Gasteiger partial charge in [0.25, 0.3) is 15.0 Å². The molecular weight excluding hydrogens is 286 g/mol. The van der Waals surface area contributed by atoms with Crippen LogP contribution in [0.15, 0.2) is 29.2 Å². The van der Waals surface area contributed by atoms with E-state index in [2.05, 4.69) is 11.2 Å². The standard InChI is InChI=1S/C13H14ClNO3S/c1-2-3-4-5-10-15-13(16)11-6-8-12(9-7-11)19(14,17)18/h1,6-9H,3-5,10H2,(H,15,16). The zero-order valence-corrected chi connectivity index (χ0v) is 11.8. The molecule has 1 aromatic carbocycles. The van der Waals surface area contributed by atoms with Crippen molar-refractivity contribution in [3.8, 4) is 12.3 Å². The molecule has 4 nitrogen and oxygen atoms in total. The van der Waals surface area contributed by atoms with Gasteiger partial charge in [-0.15, -0.1) is 12.3 Å². The minimum atomic E-state index is -3.75. The smallest absolute Gasteiger partial charge is 0.261 e. The van der Waals surface area contributed by atoms with Crippen LogP contribution in [0.4, 0.5) is 0 Å². The summed E-state index contributed by atoms with van der Waals surface area (Å²) in [5, 5.41) is 2.73. The summed E-state index contributed by atoms with van der Waals surface area (Å²) in [7, 11) is 1.43. The third-order valence-electron chi connectivity index (χ3n) is 2.43. The van der Waals surface area contributed by atoms with Gasteiger partial charge in [0.05, 0.1) is 4.90 Å². The van der Waals surface area contributed by atoms with Crippen LogP contribution in [0.25, 0.3) is 0 Å². The first kappa shape index (κ1) is 15.5. The van der Waals surface area contributed by atoms with Gasteiger partial charge in [-0.25, -0.2) is 8.42 Å². The second-order valence-corrected chi connectivity index (χ2v) is 6.45. The number of nitrogens with one attached hydrogen (secondary N) is 1. The number of carbonyl (C=O) groups is 1. The number of hydrogen-bond donors (Lipinski definition) is 1. The molecule has 19 heavy (non-hydrogen) atoms. The Morgan fingerprint density at radius 1 is 1.26 bits per heavy atom. The van der Waals surface area contributed by atoms with Crippen LogP contribution in [-0.2, 0) is 9.05 Å². The van der Waals surface area contributed by atoms with Crippen LogP contribution in [0, 0.1) is 12.3 Å². The SMILES string of the molecule is C#CCCCCNC(=O)c1ccc(S(=O)(=O)Cl)cc1. The summed E-state index contributed by atoms with van der Waals surface area (Å²) in [6.07, 6.45) is 7.48. The van der Waals surface area contributed by atoms with E-state index in [-0.39, 0.29) is 10.8 Å². The Kier molecular flexibility index (Phi) is 5.87. The number of amides is 1. The summed E-state index contributed by atoms with van der Waals surface area (Å²) in [5.74, 6) is 2.28. The third-order valence-corrected chi connectivity index (χ3v) is 3.80. The molecule has 0 aromatic heterocycles. The maximum atomic E-state index is 11.7. The Hall–Kier alpha value is -1.51. The molecule has 1 amide bonds. The first-order chi connectivity index (χ1) is 8.95. The summed E-state index contributed by atoms with van der Waals surface area (Å²) >= 11 is 0. The van der Waals surface area contributed by atoms with E-state index in [0.29, 0.717) is 18.5 Å². The largest absolute Gasteiger partial charge is 0.352 e. The number of rotatable bonds is 6. The van der Waals surface area contributed by atoms with E-state index in [9.17, 15) is 13.2 Å². The highest BCUT2D eigenvalue weighted by Gasteiger charge is 2.11. The number of benzene rings is 1. The van der Waals surface area contributed by atoms with Crippen LogP contribution in [0.3, 0.4) is 0 Å². The molecule has 0 unspecified atom stereocenters. The number of halogens is 1. The molecule has 0 spiro atoms. The van der Waals surface area contributed by atoms with Crippen molar-refractivity contribution in [2.75, 3.05) is 6.54 Å². The summed E-state index contributed by atoms with van der Waals surface area (Å²) in [6.45, 7) is 0.538. The number of terminal acetylenes is 1. The van der Waals surface area contributed by atoms with Crippen LogP contribution < -0.4 is 5.32 Å². The monoisotopic (exact) mass is 299 g/mol. The van der Waals surface area contributed by atoms with Crippen molar-refractivity contribution in [1.82, 2.24) is 5.32 Å². The van der Waals surface area contributed by atoms with Crippen molar-refractivity contribution >= 4 is 25.6 Å². The van der Waals surface area contributed by atoms with E-state index in [1.807, 2.05) is 0 Å². The number of carbonyl (C=O) groups excluding carboxylic acids is 1. The molecular formula is C13H14ClNO3S. The molecule has 1 rings (SSSR count). The highest BCUT2D eigenvalue weighted by molar-refractivity contribution is 8.13. The maximum Gasteiger partial charge on any atom is 0.261 e. The second kappa shape index (κ2) is 7.17. The molecule has 1 aromatic rings. The maximum absolute atomic E-state index is 11.7. The van der Waals surface area contributed by atoms with Gasteiger partial charge < -0.3 is 5.32 Å². The fourth-order valence-electron chi connectivity index (χ4n) is 1.42. The van der Waals surface area contributed by atoms with E-state index in [1.54, 1.807) is 0 Å². The predicted octanol–water partition coefficient (Wildman–Crippen LogP) is 2.15. The highest BCUT2D eigenvalue weighted by atomic mass is 35.7. The molecule has 0 saturated heterocycles. The van der Waals surface area contributed by atoms with Gasteiger partial charge in [-0.3, -0.25) is 4.79 Å². The van der Waals surface area contributed by atoms with Gasteiger partial charge in [0.15, 0.2) is 0 Å². The van der Waals surface area contributed by atoms with E-state index in [0.717, 1.165) is 12.8 Å². The topological polar surface area (TPSA) is 63.2 Å². The summed E-state index contributed by atoms with van der Waals surface area (Å²) < 4.78 is 22.1. The molecule has 6 heteroatoms. The zero-order valence-electron chi connectivity index (χ0n) is 10.2. The lowest BCUT2D eigenvalue weighted by Crippen LogP contribution is -2.24. The Balaban J connectivity index is 2.52. The van der Waals surface area contributed by atoms with Crippen molar-refractivity contribution < 1.29 is 13.2 Å². The molecule has 0 atom stereocenters. The van der Waals surface area contributed by atoms with Crippen molar-refractivity contribution in [1.29, 1.82) is 0 Å². The zero-order chi connectivity index (χ0) is 14.3. The fourth-order valence-corrected chi connectivity index (χ4v) is 2.19. The van der Waals surface area contributed by atoms with E-state index >= 15 is 0 Å². The van der Waals surface area contributed by atoms with Gasteiger partial charge >= 0.3 is 0 Å². The second-order valence-electron chi connectivity index (χ2n) is 3.88. The van der Waals surface area contributed by atoms with E-state index in [4.69, 9.17) is 17.1 Å². The van der Waals surface area contributed by atoms with Crippen LogP contribution in [0.5, 0.6) is 0 Å². The van der Waals surface area contributed by atoms with Crippen LogP contribution in [0.1, 0.15) is 29.6 Å². The average Bonchev–Trinajstić information content (AvgIpc) is 2.37. The summed E-state index contributed by atoms with van der Waals surface area (Å²) in [6, 6.07) is 5.45. The van der Waals surface area contributed by atoms with Crippen molar-refractivity contribution in [2.45, 2.75) is 24.2 Å². The Labute approximate surface area is 117 Å². The van der Waals surface area contributed by atoms with Crippen molar-refractivity contribution in [3.63, 3.8) is 0 Å². The minimum absolute atomic E-state index is 0.0280. The first-order valence-corrected chi connectivity index (χ1v) is 8.02. The molecule has 0 aliphatic rings. The van der Waals surface area contributed by atoms with Crippen molar-refractivity contribution in [2.24, 2.45) is 0 Å². The molecule has 0 aliphatic carbocycles. The first-order valence-electron chi connectivity index (χ1n) is 5.71. The van der Waals surface area contributed by atoms with Gasteiger partial charge in [-0.2, -0.15) is 0 Å². The summed E-state index contributed by atoms with van der Waals surface area (Å²) in [4.78, 5) is 11.7. The molecule has 0 aliphatic heterocycles. The van der Waals surface area contributed by atoms with Gasteiger partial charge in [-0.05, 0) is 37.1 Å². The molecule has 102 valence electrons. The minimum Gasteiger partial charge on any atom is -0.352 e. The number of hydrogen-bond acceptors (Lipinski definition) is 3. The predicted molar refractivity (Wildman–Crippen MR) is 74.5 cm³/mol. The van der Waals surface area contributed by atoms with Crippen LogP contribution in [-0.4, -0.2) is 20.9 Å². The molecule has 0 bridgehead atoms. The fraction of sp³-hybridized carbons (Fsp3) is 0.308. The Bertz CT molecular complexity index is 573. The molecule has 0 heterocycles. The normalized spacial score (nSPS) is 10.7. The van der Waals surface area contributed by atoms with Gasteiger partial charge in [-0.1, -0.05) is 0 Å². The van der Waals surface area contributed by atoms with Gasteiger partial charge in [0.1, 0.15) is 0 Å².